The molecule has 1 fully saturated rings. The minimum Gasteiger partial charge on any atom is -0.497 e. The van der Waals surface area contributed by atoms with Gasteiger partial charge >= 0.3 is 0 Å². The molecule has 0 aliphatic carbocycles. The van der Waals surface area contributed by atoms with E-state index in [0.717, 1.165) is 63.1 Å². The molecule has 0 spiro atoms. The largest absolute Gasteiger partial charge is 0.497 e. The Hall–Kier alpha value is -3.38. The molecular weight excluding hydrogens is 462 g/mol. The predicted octanol–water partition coefficient (Wildman–Crippen LogP) is 6.00. The number of hydrogen-bond donors (Lipinski definition) is 3. The first-order valence-electron chi connectivity index (χ1n) is 13.1. The molecule has 192 valence electrons. The minimum absolute atomic E-state index is 0.0746. The average Bonchev–Trinajstić information content (AvgIpc) is 2.96. The van der Waals surface area contributed by atoms with Crippen molar-refractivity contribution in [1.82, 2.24) is 5.32 Å². The van der Waals surface area contributed by atoms with E-state index in [9.17, 15) is 10.2 Å². The van der Waals surface area contributed by atoms with E-state index in [0.29, 0.717) is 12.6 Å². The minimum atomic E-state index is -0.862. The second-order valence-electron chi connectivity index (χ2n) is 9.68. The van der Waals surface area contributed by atoms with Crippen LogP contribution >= 0.6 is 0 Å². The number of methoxy groups -OCH3 is 1. The van der Waals surface area contributed by atoms with Crippen molar-refractivity contribution in [2.24, 2.45) is 0 Å². The lowest BCUT2D eigenvalue weighted by molar-refractivity contribution is 0.222. The quantitative estimate of drug-likeness (QED) is 0.265. The number of nitrogens with one attached hydrogen (secondary N) is 1. The van der Waals surface area contributed by atoms with Crippen molar-refractivity contribution in [2.75, 3.05) is 20.3 Å². The van der Waals surface area contributed by atoms with Crippen LogP contribution < -0.4 is 14.8 Å². The van der Waals surface area contributed by atoms with Crippen LogP contribution in [-0.4, -0.2) is 36.5 Å². The van der Waals surface area contributed by atoms with Crippen molar-refractivity contribution in [3.05, 3.63) is 95.6 Å². The van der Waals surface area contributed by atoms with Gasteiger partial charge in [0.25, 0.3) is 0 Å². The Kier molecular flexibility index (Phi) is 8.05. The van der Waals surface area contributed by atoms with Crippen LogP contribution in [0.25, 0.3) is 21.9 Å². The summed E-state index contributed by atoms with van der Waals surface area (Å²) in [6.45, 7) is 1.70. The van der Waals surface area contributed by atoms with E-state index in [1.165, 1.54) is 19.3 Å². The third-order valence-corrected chi connectivity index (χ3v) is 7.36. The van der Waals surface area contributed by atoms with Gasteiger partial charge in [-0.05, 0) is 83.1 Å². The molecule has 4 aromatic rings. The first kappa shape index (κ1) is 25.3. The number of piperidine rings is 1. The maximum absolute atomic E-state index is 11.7. The van der Waals surface area contributed by atoms with Crippen molar-refractivity contribution >= 4 is 10.8 Å². The molecule has 5 rings (SSSR count). The lowest BCUT2D eigenvalue weighted by Gasteiger charge is -2.23. The Bertz CT molecular complexity index is 1330. The molecule has 3 N–H and O–H groups in total. The van der Waals surface area contributed by atoms with Crippen LogP contribution in [-0.2, 0) is 6.61 Å². The van der Waals surface area contributed by atoms with Gasteiger partial charge in [-0.25, -0.2) is 0 Å². The second kappa shape index (κ2) is 11.8. The number of aliphatic hydroxyl groups is 2. The summed E-state index contributed by atoms with van der Waals surface area (Å²) in [4.78, 5) is 0. The van der Waals surface area contributed by atoms with E-state index in [1.807, 2.05) is 78.9 Å². The van der Waals surface area contributed by atoms with Crippen LogP contribution in [0.3, 0.4) is 0 Å². The van der Waals surface area contributed by atoms with Gasteiger partial charge in [0.2, 0.25) is 0 Å². The van der Waals surface area contributed by atoms with E-state index in [4.69, 9.17) is 9.47 Å². The maximum atomic E-state index is 11.7. The molecule has 0 bridgehead atoms. The van der Waals surface area contributed by atoms with E-state index >= 15 is 0 Å². The highest BCUT2D eigenvalue weighted by atomic mass is 16.5. The highest BCUT2D eigenvalue weighted by Crippen LogP contribution is 2.40. The van der Waals surface area contributed by atoms with Gasteiger partial charge in [-0.3, -0.25) is 0 Å². The second-order valence-corrected chi connectivity index (χ2v) is 9.68. The molecular formula is C32H35NO4. The predicted molar refractivity (Wildman–Crippen MR) is 148 cm³/mol. The highest BCUT2D eigenvalue weighted by Gasteiger charge is 2.21. The molecule has 4 aromatic carbocycles. The summed E-state index contributed by atoms with van der Waals surface area (Å²) >= 11 is 0. The van der Waals surface area contributed by atoms with Gasteiger partial charge < -0.3 is 25.0 Å². The average molecular weight is 498 g/mol. The molecule has 0 saturated carbocycles. The van der Waals surface area contributed by atoms with Gasteiger partial charge in [0.05, 0.1) is 20.3 Å². The zero-order valence-corrected chi connectivity index (χ0v) is 21.3. The zero-order valence-electron chi connectivity index (χ0n) is 21.3. The summed E-state index contributed by atoms with van der Waals surface area (Å²) in [7, 11) is 1.65. The summed E-state index contributed by atoms with van der Waals surface area (Å²) in [5.41, 5.74) is 4.22. The van der Waals surface area contributed by atoms with Crippen molar-refractivity contribution in [2.45, 2.75) is 44.4 Å². The topological polar surface area (TPSA) is 71.0 Å². The fraction of sp³-hybridized carbons (Fsp3) is 0.312. The van der Waals surface area contributed by atoms with Crippen molar-refractivity contribution in [3.63, 3.8) is 0 Å². The van der Waals surface area contributed by atoms with Crippen molar-refractivity contribution in [3.8, 4) is 22.6 Å². The Balaban J connectivity index is 1.45. The van der Waals surface area contributed by atoms with Crippen LogP contribution in [0.4, 0.5) is 0 Å². The fourth-order valence-electron chi connectivity index (χ4n) is 5.31. The van der Waals surface area contributed by atoms with Crippen LogP contribution in [0.15, 0.2) is 78.9 Å². The summed E-state index contributed by atoms with van der Waals surface area (Å²) in [6.07, 6.45) is 3.90. The van der Waals surface area contributed by atoms with Gasteiger partial charge in [-0.1, -0.05) is 61.0 Å². The number of aliphatic hydroxyl groups excluding tert-OH is 2. The SMILES string of the molecule is COc1ccc2c(C(O)c3ccc(OCCC4CCCCN4)cc3)c(-c3ccccc3CO)ccc2c1. The Morgan fingerprint density at radius 1 is 0.919 bits per heavy atom. The fourth-order valence-corrected chi connectivity index (χ4v) is 5.31. The van der Waals surface area contributed by atoms with Gasteiger partial charge in [-0.2, -0.15) is 0 Å². The van der Waals surface area contributed by atoms with E-state index in [2.05, 4.69) is 5.32 Å². The van der Waals surface area contributed by atoms with Gasteiger partial charge in [0, 0.05) is 11.6 Å². The van der Waals surface area contributed by atoms with Crippen molar-refractivity contribution < 1.29 is 19.7 Å². The molecule has 2 unspecified atom stereocenters. The highest BCUT2D eigenvalue weighted by molar-refractivity contribution is 5.94. The van der Waals surface area contributed by atoms with Crippen LogP contribution in [0.2, 0.25) is 0 Å². The summed E-state index contributed by atoms with van der Waals surface area (Å²) in [6, 6.07) is 26.0. The van der Waals surface area contributed by atoms with E-state index in [-0.39, 0.29) is 6.61 Å². The number of benzene rings is 4. The van der Waals surface area contributed by atoms with Crippen LogP contribution in [0.5, 0.6) is 11.5 Å². The normalized spacial score (nSPS) is 16.5. The molecule has 2 atom stereocenters. The van der Waals surface area contributed by atoms with Crippen LogP contribution in [0, 0.1) is 0 Å². The summed E-state index contributed by atoms with van der Waals surface area (Å²) in [5.74, 6) is 1.57. The maximum Gasteiger partial charge on any atom is 0.119 e. The Morgan fingerprint density at radius 3 is 2.49 bits per heavy atom. The summed E-state index contributed by atoms with van der Waals surface area (Å²) in [5, 5.41) is 27.2. The molecule has 37 heavy (non-hydrogen) atoms. The molecule has 5 nitrogen and oxygen atoms in total. The van der Waals surface area contributed by atoms with Crippen LogP contribution in [0.1, 0.15) is 48.5 Å². The lowest BCUT2D eigenvalue weighted by Crippen LogP contribution is -2.35. The van der Waals surface area contributed by atoms with Gasteiger partial charge in [0.15, 0.2) is 0 Å². The standard InChI is InChI=1S/C32H35NO4/c1-36-27-14-16-29-23(20-27)11-15-30(28-8-3-2-6-24(28)21-34)31(29)32(35)22-9-12-26(13-10-22)37-19-17-25-7-4-5-18-33-25/h2-3,6,8-16,20,25,32-35H,4-5,7,17-19,21H2,1H3. The summed E-state index contributed by atoms with van der Waals surface area (Å²) < 4.78 is 11.4. The van der Waals surface area contributed by atoms with Crippen molar-refractivity contribution in [1.29, 1.82) is 0 Å². The number of fused-ring (bicyclic) bond motifs is 1. The third-order valence-electron chi connectivity index (χ3n) is 7.36. The Morgan fingerprint density at radius 2 is 1.73 bits per heavy atom. The molecule has 0 radical (unpaired) electrons. The molecule has 0 aromatic heterocycles. The number of ether oxygens (including phenoxy) is 2. The third kappa shape index (κ3) is 5.64. The lowest BCUT2D eigenvalue weighted by atomic mass is 9.87. The molecule has 1 aliphatic rings. The zero-order chi connectivity index (χ0) is 25.6. The van der Waals surface area contributed by atoms with E-state index in [1.54, 1.807) is 7.11 Å². The Labute approximate surface area is 218 Å². The van der Waals surface area contributed by atoms with Gasteiger partial charge in [0.1, 0.15) is 17.6 Å². The van der Waals surface area contributed by atoms with Gasteiger partial charge in [-0.15, -0.1) is 0 Å². The monoisotopic (exact) mass is 497 g/mol. The van der Waals surface area contributed by atoms with E-state index < -0.39 is 6.10 Å². The molecule has 1 aliphatic heterocycles. The first-order valence-corrected chi connectivity index (χ1v) is 13.1. The smallest absolute Gasteiger partial charge is 0.119 e. The molecule has 5 heteroatoms. The molecule has 1 saturated heterocycles. The molecule has 0 amide bonds. The number of rotatable bonds is 9. The number of hydrogen-bond acceptors (Lipinski definition) is 5. The first-order chi connectivity index (χ1) is 18.2. The molecule has 1 heterocycles.